The number of carbonyl (C=O) groups excluding carboxylic acids is 1. The van der Waals surface area contributed by atoms with Crippen molar-refractivity contribution in [1.82, 2.24) is 10.2 Å². The Morgan fingerprint density at radius 1 is 1.32 bits per heavy atom. The number of hydrogen-bond donors (Lipinski definition) is 2. The lowest BCUT2D eigenvalue weighted by atomic mass is 9.87. The second kappa shape index (κ2) is 8.73. The number of hydrogen-bond acceptors (Lipinski definition) is 4. The number of unbranched alkanes of at least 4 members (excludes halogenated alkanes) is 1. The maximum Gasteiger partial charge on any atom is 0.407 e. The fourth-order valence-corrected chi connectivity index (χ4v) is 3.08. The summed E-state index contributed by atoms with van der Waals surface area (Å²) in [5.74, 6) is 0. The van der Waals surface area contributed by atoms with Crippen molar-refractivity contribution < 1.29 is 14.6 Å². The van der Waals surface area contributed by atoms with Crippen LogP contribution in [0.15, 0.2) is 0 Å². The van der Waals surface area contributed by atoms with Crippen LogP contribution in [-0.4, -0.2) is 53.0 Å². The zero-order valence-electron chi connectivity index (χ0n) is 14.9. The van der Waals surface area contributed by atoms with Crippen LogP contribution in [0, 0.1) is 0 Å². The molecule has 5 nitrogen and oxygen atoms in total. The smallest absolute Gasteiger partial charge is 0.407 e. The van der Waals surface area contributed by atoms with E-state index in [0.717, 1.165) is 45.2 Å². The molecule has 3 unspecified atom stereocenters. The van der Waals surface area contributed by atoms with Crippen LogP contribution in [0.5, 0.6) is 0 Å². The van der Waals surface area contributed by atoms with Gasteiger partial charge in [-0.2, -0.15) is 0 Å². The third-order valence-corrected chi connectivity index (χ3v) is 4.17. The number of alkyl carbamates (subject to hydrolysis) is 1. The number of aliphatic hydroxyl groups is 1. The summed E-state index contributed by atoms with van der Waals surface area (Å²) >= 11 is 0. The van der Waals surface area contributed by atoms with Crippen molar-refractivity contribution >= 4 is 6.09 Å². The third kappa shape index (κ3) is 6.53. The van der Waals surface area contributed by atoms with E-state index in [1.165, 1.54) is 0 Å². The Hall–Kier alpha value is -0.810. The van der Waals surface area contributed by atoms with Gasteiger partial charge in [0.05, 0.1) is 6.10 Å². The van der Waals surface area contributed by atoms with Gasteiger partial charge in [-0.25, -0.2) is 4.79 Å². The predicted octanol–water partition coefficient (Wildman–Crippen LogP) is 2.92. The summed E-state index contributed by atoms with van der Waals surface area (Å²) in [5.41, 5.74) is -0.486. The van der Waals surface area contributed by atoms with Gasteiger partial charge in [-0.05, 0) is 59.5 Å². The van der Waals surface area contributed by atoms with E-state index in [4.69, 9.17) is 4.74 Å². The van der Waals surface area contributed by atoms with Crippen LogP contribution >= 0.6 is 0 Å². The first kappa shape index (κ1) is 19.2. The highest BCUT2D eigenvalue weighted by Gasteiger charge is 2.34. The van der Waals surface area contributed by atoms with E-state index in [0.29, 0.717) is 0 Å². The van der Waals surface area contributed by atoms with Crippen molar-refractivity contribution in [3.63, 3.8) is 0 Å². The quantitative estimate of drug-likeness (QED) is 0.791. The molecule has 0 spiro atoms. The molecule has 1 amide bonds. The summed E-state index contributed by atoms with van der Waals surface area (Å²) in [7, 11) is 0. The zero-order chi connectivity index (χ0) is 16.8. The Kier molecular flexibility index (Phi) is 7.63. The maximum absolute atomic E-state index is 12.1. The lowest BCUT2D eigenvalue weighted by Crippen LogP contribution is -2.56. The molecule has 1 aliphatic carbocycles. The highest BCUT2D eigenvalue weighted by atomic mass is 16.6. The van der Waals surface area contributed by atoms with Gasteiger partial charge in [0.2, 0.25) is 0 Å². The molecule has 1 aliphatic rings. The summed E-state index contributed by atoms with van der Waals surface area (Å²) in [5, 5.41) is 13.0. The number of nitrogens with one attached hydrogen (secondary N) is 1. The van der Waals surface area contributed by atoms with Crippen LogP contribution < -0.4 is 5.32 Å². The molecule has 5 heteroatoms. The minimum atomic E-state index is -0.486. The van der Waals surface area contributed by atoms with Crippen LogP contribution in [-0.2, 0) is 4.74 Å². The van der Waals surface area contributed by atoms with Crippen LogP contribution in [0.25, 0.3) is 0 Å². The molecule has 0 aromatic heterocycles. The van der Waals surface area contributed by atoms with Gasteiger partial charge < -0.3 is 15.2 Å². The van der Waals surface area contributed by atoms with Gasteiger partial charge in [0.15, 0.2) is 0 Å². The fourth-order valence-electron chi connectivity index (χ4n) is 3.08. The number of rotatable bonds is 6. The maximum atomic E-state index is 12.1. The Bertz CT molecular complexity index is 341. The third-order valence-electron chi connectivity index (χ3n) is 4.17. The topological polar surface area (TPSA) is 61.8 Å². The van der Waals surface area contributed by atoms with Gasteiger partial charge in [0.1, 0.15) is 5.60 Å². The number of amides is 1. The summed E-state index contributed by atoms with van der Waals surface area (Å²) in [4.78, 5) is 14.4. The van der Waals surface area contributed by atoms with Crippen molar-refractivity contribution in [2.75, 3.05) is 13.1 Å². The molecule has 0 aromatic carbocycles. The van der Waals surface area contributed by atoms with Crippen molar-refractivity contribution in [3.05, 3.63) is 0 Å². The molecule has 22 heavy (non-hydrogen) atoms. The highest BCUT2D eigenvalue weighted by Crippen LogP contribution is 2.24. The summed E-state index contributed by atoms with van der Waals surface area (Å²) in [6.07, 6.45) is 3.92. The molecule has 0 saturated heterocycles. The van der Waals surface area contributed by atoms with Crippen molar-refractivity contribution in [1.29, 1.82) is 0 Å². The summed E-state index contributed by atoms with van der Waals surface area (Å²) in [6.45, 7) is 11.9. The lowest BCUT2D eigenvalue weighted by molar-refractivity contribution is 0.0238. The van der Waals surface area contributed by atoms with E-state index >= 15 is 0 Å². The average Bonchev–Trinajstić information content (AvgIpc) is 2.40. The largest absolute Gasteiger partial charge is 0.444 e. The predicted molar refractivity (Wildman–Crippen MR) is 89.0 cm³/mol. The van der Waals surface area contributed by atoms with Gasteiger partial charge in [0, 0.05) is 12.1 Å². The zero-order valence-corrected chi connectivity index (χ0v) is 14.9. The standard InChI is InChI=1S/C17H34N2O3/c1-6-8-11-19(7-2)15-12-13(20)9-10-14(15)18-16(21)22-17(3,4)5/h13-15,20H,6-12H2,1-5H3,(H,18,21). The van der Waals surface area contributed by atoms with Gasteiger partial charge in [-0.1, -0.05) is 20.3 Å². The number of aliphatic hydroxyl groups excluding tert-OH is 1. The Morgan fingerprint density at radius 3 is 2.55 bits per heavy atom. The minimum absolute atomic E-state index is 0.0510. The fraction of sp³-hybridized carbons (Fsp3) is 0.941. The van der Waals surface area contributed by atoms with Crippen LogP contribution in [0.1, 0.15) is 66.7 Å². The molecule has 0 radical (unpaired) electrons. The van der Waals surface area contributed by atoms with Crippen molar-refractivity contribution in [3.8, 4) is 0 Å². The molecule has 0 heterocycles. The van der Waals surface area contributed by atoms with Gasteiger partial charge in [0.25, 0.3) is 0 Å². The first-order valence-electron chi connectivity index (χ1n) is 8.68. The number of likely N-dealkylation sites (N-methyl/N-ethyl adjacent to an activating group) is 1. The second-order valence-corrected chi connectivity index (χ2v) is 7.27. The van der Waals surface area contributed by atoms with E-state index in [9.17, 15) is 9.90 Å². The van der Waals surface area contributed by atoms with Crippen LogP contribution in [0.2, 0.25) is 0 Å². The molecule has 1 fully saturated rings. The first-order chi connectivity index (χ1) is 10.3. The molecular formula is C17H34N2O3. The number of ether oxygens (including phenoxy) is 1. The minimum Gasteiger partial charge on any atom is -0.444 e. The molecule has 0 aromatic rings. The Morgan fingerprint density at radius 2 is 2.00 bits per heavy atom. The molecule has 0 bridgehead atoms. The van der Waals surface area contributed by atoms with Crippen molar-refractivity contribution in [2.24, 2.45) is 0 Å². The average molecular weight is 314 g/mol. The number of nitrogens with zero attached hydrogens (tertiary/aromatic N) is 1. The molecule has 1 saturated carbocycles. The van der Waals surface area contributed by atoms with Crippen LogP contribution in [0.4, 0.5) is 4.79 Å². The molecular weight excluding hydrogens is 280 g/mol. The van der Waals surface area contributed by atoms with E-state index < -0.39 is 5.60 Å². The molecule has 2 N–H and O–H groups in total. The normalized spacial score (nSPS) is 26.0. The Balaban J connectivity index is 2.69. The van der Waals surface area contributed by atoms with Gasteiger partial charge in [-0.3, -0.25) is 4.90 Å². The SMILES string of the molecule is CCCCN(CC)C1CC(O)CCC1NC(=O)OC(C)(C)C. The van der Waals surface area contributed by atoms with Gasteiger partial charge in [-0.15, -0.1) is 0 Å². The van der Waals surface area contributed by atoms with Gasteiger partial charge >= 0.3 is 6.09 Å². The summed E-state index contributed by atoms with van der Waals surface area (Å²) < 4.78 is 5.38. The van der Waals surface area contributed by atoms with E-state index in [2.05, 4.69) is 24.1 Å². The van der Waals surface area contributed by atoms with Crippen LogP contribution in [0.3, 0.4) is 0 Å². The first-order valence-corrected chi connectivity index (χ1v) is 8.68. The van der Waals surface area contributed by atoms with E-state index in [1.807, 2.05) is 20.8 Å². The molecule has 1 rings (SSSR count). The second-order valence-electron chi connectivity index (χ2n) is 7.27. The monoisotopic (exact) mass is 314 g/mol. The van der Waals surface area contributed by atoms with E-state index in [-0.39, 0.29) is 24.3 Å². The van der Waals surface area contributed by atoms with E-state index in [1.54, 1.807) is 0 Å². The lowest BCUT2D eigenvalue weighted by Gasteiger charge is -2.41. The Labute approximate surface area is 135 Å². The molecule has 3 atom stereocenters. The van der Waals surface area contributed by atoms with Crippen molar-refractivity contribution in [2.45, 2.75) is 90.5 Å². The number of carbonyl (C=O) groups is 1. The highest BCUT2D eigenvalue weighted by molar-refractivity contribution is 5.68. The molecule has 0 aliphatic heterocycles. The summed E-state index contributed by atoms with van der Waals surface area (Å²) in [6, 6.07) is 0.239. The molecule has 130 valence electrons.